The third-order valence-corrected chi connectivity index (χ3v) is 4.93. The summed E-state index contributed by atoms with van der Waals surface area (Å²) in [5.74, 6) is 1.79. The van der Waals surface area contributed by atoms with Crippen LogP contribution in [0.3, 0.4) is 0 Å². The Balaban J connectivity index is 1.76. The van der Waals surface area contributed by atoms with Gasteiger partial charge in [0.1, 0.15) is 22.3 Å². The molecule has 0 radical (unpaired) electrons. The molecular formula is C18H19ClN6OS. The van der Waals surface area contributed by atoms with Crippen LogP contribution in [0.2, 0.25) is 5.02 Å². The number of hydrogen-bond donors (Lipinski definition) is 2. The van der Waals surface area contributed by atoms with Crippen LogP contribution in [-0.2, 0) is 0 Å². The molecule has 7 nitrogen and oxygen atoms in total. The van der Waals surface area contributed by atoms with E-state index in [1.54, 1.807) is 6.07 Å². The zero-order valence-corrected chi connectivity index (χ0v) is 16.9. The monoisotopic (exact) mass is 402 g/mol. The second kappa shape index (κ2) is 7.89. The van der Waals surface area contributed by atoms with Crippen molar-refractivity contribution < 1.29 is 4.79 Å². The highest BCUT2D eigenvalue weighted by molar-refractivity contribution is 7.17. The zero-order chi connectivity index (χ0) is 19.6. The highest BCUT2D eigenvalue weighted by Gasteiger charge is 2.14. The lowest BCUT2D eigenvalue weighted by atomic mass is 10.2. The smallest absolute Gasteiger partial charge is 0.267 e. The van der Waals surface area contributed by atoms with E-state index in [9.17, 15) is 4.79 Å². The van der Waals surface area contributed by atoms with Gasteiger partial charge in [0.25, 0.3) is 5.91 Å². The molecule has 0 atom stereocenters. The molecule has 0 unspecified atom stereocenters. The van der Waals surface area contributed by atoms with Crippen molar-refractivity contribution in [2.24, 2.45) is 0 Å². The number of anilines is 4. The minimum Gasteiger partial charge on any atom is -0.363 e. The van der Waals surface area contributed by atoms with E-state index in [2.05, 4.69) is 25.6 Å². The molecule has 140 valence electrons. The molecule has 0 fully saturated rings. The van der Waals surface area contributed by atoms with Crippen LogP contribution in [0.1, 0.15) is 21.1 Å². The Labute approximate surface area is 166 Å². The van der Waals surface area contributed by atoms with Gasteiger partial charge >= 0.3 is 0 Å². The molecular weight excluding hydrogens is 384 g/mol. The molecule has 0 saturated heterocycles. The average molecular weight is 403 g/mol. The van der Waals surface area contributed by atoms with E-state index >= 15 is 0 Å². The third kappa shape index (κ3) is 4.53. The van der Waals surface area contributed by atoms with Crippen molar-refractivity contribution in [3.63, 3.8) is 0 Å². The highest BCUT2D eigenvalue weighted by Crippen LogP contribution is 2.28. The summed E-state index contributed by atoms with van der Waals surface area (Å²) in [5, 5.41) is 7.04. The van der Waals surface area contributed by atoms with Gasteiger partial charge in [-0.05, 0) is 25.5 Å². The molecule has 0 aliphatic heterocycles. The fraction of sp³-hybridized carbons (Fsp3) is 0.222. The fourth-order valence-electron chi connectivity index (χ4n) is 2.36. The first-order chi connectivity index (χ1) is 12.8. The predicted molar refractivity (Wildman–Crippen MR) is 111 cm³/mol. The summed E-state index contributed by atoms with van der Waals surface area (Å²) in [6.07, 6.45) is 1.52. The lowest BCUT2D eigenvalue weighted by Gasteiger charge is -2.13. The Morgan fingerprint density at radius 2 is 2.00 bits per heavy atom. The van der Waals surface area contributed by atoms with E-state index in [4.69, 9.17) is 11.6 Å². The van der Waals surface area contributed by atoms with Crippen LogP contribution in [0.25, 0.3) is 0 Å². The number of para-hydroxylation sites is 1. The Bertz CT molecular complexity index is 967. The molecule has 2 aromatic heterocycles. The van der Waals surface area contributed by atoms with Crippen LogP contribution in [0.5, 0.6) is 0 Å². The Hall–Kier alpha value is -2.71. The highest BCUT2D eigenvalue weighted by atomic mass is 35.5. The van der Waals surface area contributed by atoms with E-state index in [1.807, 2.05) is 51.0 Å². The lowest BCUT2D eigenvalue weighted by Crippen LogP contribution is -2.12. The second-order valence-electron chi connectivity index (χ2n) is 6.09. The van der Waals surface area contributed by atoms with Crippen molar-refractivity contribution >= 4 is 51.3 Å². The number of aromatic nitrogens is 3. The van der Waals surface area contributed by atoms with Crippen molar-refractivity contribution in [3.05, 3.63) is 51.7 Å². The first kappa shape index (κ1) is 19.1. The Morgan fingerprint density at radius 3 is 2.70 bits per heavy atom. The normalized spacial score (nSPS) is 10.6. The molecule has 27 heavy (non-hydrogen) atoms. The minimum atomic E-state index is -0.260. The molecule has 1 aromatic carbocycles. The maximum atomic E-state index is 12.5. The van der Waals surface area contributed by atoms with Crippen LogP contribution < -0.4 is 15.5 Å². The van der Waals surface area contributed by atoms with Crippen LogP contribution in [0, 0.1) is 13.8 Å². The molecule has 9 heteroatoms. The molecule has 0 aliphatic carbocycles. The number of hydrogen-bond acceptors (Lipinski definition) is 7. The number of carbonyl (C=O) groups excluding carboxylic acids is 1. The number of aryl methyl sites for hydroxylation is 2. The molecule has 2 N–H and O–H groups in total. The summed E-state index contributed by atoms with van der Waals surface area (Å²) in [4.78, 5) is 27.9. The summed E-state index contributed by atoms with van der Waals surface area (Å²) in [5.41, 5.74) is 1.50. The maximum Gasteiger partial charge on any atom is 0.267 e. The van der Waals surface area contributed by atoms with Gasteiger partial charge in [0.05, 0.1) is 16.9 Å². The first-order valence-electron chi connectivity index (χ1n) is 8.16. The number of nitrogens with zero attached hydrogens (tertiary/aromatic N) is 4. The second-order valence-corrected chi connectivity index (χ2v) is 7.53. The molecule has 1 amide bonds. The molecule has 3 aromatic rings. The van der Waals surface area contributed by atoms with E-state index in [0.29, 0.717) is 32.4 Å². The topological polar surface area (TPSA) is 83.0 Å². The number of thiazole rings is 1. The third-order valence-electron chi connectivity index (χ3n) is 3.71. The van der Waals surface area contributed by atoms with Crippen LogP contribution in [0.4, 0.5) is 22.5 Å². The van der Waals surface area contributed by atoms with Crippen LogP contribution >= 0.6 is 22.9 Å². The molecule has 3 rings (SSSR count). The van der Waals surface area contributed by atoms with Gasteiger partial charge in [0, 0.05) is 20.2 Å². The van der Waals surface area contributed by atoms with Gasteiger partial charge in [0.15, 0.2) is 5.13 Å². The summed E-state index contributed by atoms with van der Waals surface area (Å²) < 4.78 is 0. The van der Waals surface area contributed by atoms with E-state index in [0.717, 1.165) is 11.4 Å². The minimum absolute atomic E-state index is 0.260. The number of nitrogens with one attached hydrogen (secondary N) is 2. The van der Waals surface area contributed by atoms with E-state index < -0.39 is 0 Å². The fourth-order valence-corrected chi connectivity index (χ4v) is 3.34. The number of amides is 1. The van der Waals surface area contributed by atoms with Gasteiger partial charge in [-0.15, -0.1) is 0 Å². The number of halogens is 1. The van der Waals surface area contributed by atoms with Crippen molar-refractivity contribution in [3.8, 4) is 0 Å². The number of benzene rings is 1. The predicted octanol–water partition coefficient (Wildman–Crippen LogP) is 4.27. The summed E-state index contributed by atoms with van der Waals surface area (Å²) in [6.45, 7) is 3.71. The molecule has 0 saturated carbocycles. The Morgan fingerprint density at radius 1 is 1.22 bits per heavy atom. The molecule has 0 spiro atoms. The number of carbonyl (C=O) groups is 1. The van der Waals surface area contributed by atoms with Gasteiger partial charge in [-0.1, -0.05) is 35.1 Å². The summed E-state index contributed by atoms with van der Waals surface area (Å²) >= 11 is 7.41. The van der Waals surface area contributed by atoms with Gasteiger partial charge < -0.3 is 15.5 Å². The lowest BCUT2D eigenvalue weighted by molar-refractivity contribution is 0.103. The van der Waals surface area contributed by atoms with Gasteiger partial charge in [-0.2, -0.15) is 0 Å². The summed E-state index contributed by atoms with van der Waals surface area (Å²) in [6, 6.07) is 7.29. The number of rotatable bonds is 5. The largest absolute Gasteiger partial charge is 0.363 e. The van der Waals surface area contributed by atoms with E-state index in [-0.39, 0.29) is 5.91 Å². The SMILES string of the molecule is Cc1nc(Nc2ncc(C(=O)Nc3c(C)cccc3Cl)s2)cc(N(C)C)n1. The molecule has 0 aliphatic rings. The Kier molecular flexibility index (Phi) is 5.57. The molecule has 2 heterocycles. The quantitative estimate of drug-likeness (QED) is 0.663. The van der Waals surface area contributed by atoms with Crippen molar-refractivity contribution in [2.75, 3.05) is 29.6 Å². The van der Waals surface area contributed by atoms with Gasteiger partial charge in [-0.25, -0.2) is 15.0 Å². The van der Waals surface area contributed by atoms with Gasteiger partial charge in [-0.3, -0.25) is 4.79 Å². The van der Waals surface area contributed by atoms with Crippen molar-refractivity contribution in [1.29, 1.82) is 0 Å². The summed E-state index contributed by atoms with van der Waals surface area (Å²) in [7, 11) is 3.82. The first-order valence-corrected chi connectivity index (χ1v) is 9.35. The average Bonchev–Trinajstić information content (AvgIpc) is 3.06. The molecule has 0 bridgehead atoms. The van der Waals surface area contributed by atoms with Crippen molar-refractivity contribution in [1.82, 2.24) is 15.0 Å². The van der Waals surface area contributed by atoms with Crippen LogP contribution in [0.15, 0.2) is 30.5 Å². The van der Waals surface area contributed by atoms with Gasteiger partial charge in [0.2, 0.25) is 0 Å². The van der Waals surface area contributed by atoms with Crippen molar-refractivity contribution in [2.45, 2.75) is 13.8 Å². The van der Waals surface area contributed by atoms with E-state index in [1.165, 1.54) is 17.5 Å². The standard InChI is InChI=1S/C18H19ClN6OS/c1-10-6-5-7-12(19)16(10)24-17(26)13-9-20-18(27-13)23-14-8-15(25(3)4)22-11(2)21-14/h5-9H,1-4H3,(H,24,26)(H,20,21,22,23). The zero-order valence-electron chi connectivity index (χ0n) is 15.4. The van der Waals surface area contributed by atoms with Crippen LogP contribution in [-0.4, -0.2) is 35.0 Å². The maximum absolute atomic E-state index is 12.5.